The van der Waals surface area contributed by atoms with E-state index in [0.717, 1.165) is 34.6 Å². The van der Waals surface area contributed by atoms with Gasteiger partial charge in [0.05, 0.1) is 12.8 Å². The predicted octanol–water partition coefficient (Wildman–Crippen LogP) is 4.53. The lowest BCUT2D eigenvalue weighted by Crippen LogP contribution is -2.27. The van der Waals surface area contributed by atoms with Crippen LogP contribution >= 0.6 is 0 Å². The van der Waals surface area contributed by atoms with E-state index in [1.165, 1.54) is 5.56 Å². The number of ether oxygens (including phenoxy) is 1. The first kappa shape index (κ1) is 20.7. The minimum atomic E-state index is -0.176. The average molecular weight is 414 g/mol. The summed E-state index contributed by atoms with van der Waals surface area (Å²) in [7, 11) is 1.66. The molecule has 1 atom stereocenters. The Bertz CT molecular complexity index is 1170. The van der Waals surface area contributed by atoms with Gasteiger partial charge in [0.25, 0.3) is 0 Å². The first-order valence-corrected chi connectivity index (χ1v) is 10.5. The van der Waals surface area contributed by atoms with Crippen molar-refractivity contribution in [1.29, 1.82) is 0 Å². The Hall–Kier alpha value is -3.60. The maximum atomic E-state index is 12.9. The molecule has 5 nitrogen and oxygen atoms in total. The fraction of sp³-hybridized carbons (Fsp3) is 0.231. The molecule has 0 aliphatic rings. The highest BCUT2D eigenvalue weighted by Gasteiger charge is 2.24. The second kappa shape index (κ2) is 9.47. The Morgan fingerprint density at radius 2 is 1.84 bits per heavy atom. The molecule has 0 radical (unpaired) electrons. The van der Waals surface area contributed by atoms with Crippen molar-refractivity contribution >= 4 is 11.6 Å². The van der Waals surface area contributed by atoms with Crippen LogP contribution in [0.3, 0.4) is 0 Å². The number of carbonyl (C=O) groups excluding carboxylic acids is 1. The number of imidazole rings is 1. The van der Waals surface area contributed by atoms with Gasteiger partial charge in [0.2, 0.25) is 5.91 Å². The zero-order chi connectivity index (χ0) is 21.6. The van der Waals surface area contributed by atoms with Crippen LogP contribution in [-0.4, -0.2) is 28.9 Å². The van der Waals surface area contributed by atoms with E-state index < -0.39 is 0 Å². The van der Waals surface area contributed by atoms with Gasteiger partial charge in [0, 0.05) is 36.8 Å². The average Bonchev–Trinajstić information content (AvgIpc) is 3.23. The molecule has 1 amide bonds. The van der Waals surface area contributed by atoms with Gasteiger partial charge in [-0.1, -0.05) is 54.6 Å². The van der Waals surface area contributed by atoms with Gasteiger partial charge in [0.15, 0.2) is 0 Å². The number of nitrogens with zero attached hydrogens (tertiary/aromatic N) is 2. The highest BCUT2D eigenvalue weighted by molar-refractivity contribution is 5.77. The van der Waals surface area contributed by atoms with E-state index in [9.17, 15) is 4.79 Å². The number of nitrogens with one attached hydrogen (secondary N) is 1. The predicted molar refractivity (Wildman–Crippen MR) is 123 cm³/mol. The third kappa shape index (κ3) is 4.61. The minimum absolute atomic E-state index is 0.00874. The van der Waals surface area contributed by atoms with Crippen LogP contribution in [0.1, 0.15) is 34.7 Å². The Balaban J connectivity index is 1.60. The number of pyridine rings is 1. The van der Waals surface area contributed by atoms with Crippen molar-refractivity contribution in [1.82, 2.24) is 14.7 Å². The van der Waals surface area contributed by atoms with Crippen molar-refractivity contribution in [2.24, 2.45) is 0 Å². The maximum absolute atomic E-state index is 12.9. The van der Waals surface area contributed by atoms with Crippen molar-refractivity contribution in [2.75, 3.05) is 13.7 Å². The molecule has 0 spiro atoms. The Labute approximate surface area is 182 Å². The molecule has 1 unspecified atom stereocenters. The number of aromatic nitrogens is 2. The van der Waals surface area contributed by atoms with Crippen LogP contribution in [0.5, 0.6) is 5.75 Å². The normalized spacial score (nSPS) is 11.9. The van der Waals surface area contributed by atoms with Gasteiger partial charge in [-0.05, 0) is 36.6 Å². The lowest BCUT2D eigenvalue weighted by atomic mass is 9.91. The molecule has 2 heterocycles. The van der Waals surface area contributed by atoms with Crippen molar-refractivity contribution in [3.05, 3.63) is 102 Å². The van der Waals surface area contributed by atoms with Crippen molar-refractivity contribution in [2.45, 2.75) is 25.7 Å². The lowest BCUT2D eigenvalue weighted by molar-refractivity contribution is -0.121. The Morgan fingerprint density at radius 3 is 2.65 bits per heavy atom. The summed E-state index contributed by atoms with van der Waals surface area (Å²) in [6.45, 7) is 2.65. The van der Waals surface area contributed by atoms with Gasteiger partial charge in [-0.2, -0.15) is 0 Å². The number of fused-ring (bicyclic) bond motifs is 1. The fourth-order valence-electron chi connectivity index (χ4n) is 4.00. The minimum Gasteiger partial charge on any atom is -0.496 e. The molecular formula is C26H27N3O2. The van der Waals surface area contributed by atoms with Crippen LogP contribution in [0.2, 0.25) is 0 Å². The van der Waals surface area contributed by atoms with E-state index in [2.05, 4.69) is 26.8 Å². The molecule has 0 saturated carbocycles. The topological polar surface area (TPSA) is 55.6 Å². The standard InChI is InChI=1S/C26H27N3O2/c1-19-9-8-16-29-23(18-28-26(19)29)22(21-12-6-7-13-24(21)31-2)17-25(30)27-15-14-20-10-4-3-5-11-20/h3-13,16,18,22H,14-15,17H2,1-2H3,(H,27,30). The molecule has 31 heavy (non-hydrogen) atoms. The molecular weight excluding hydrogens is 386 g/mol. The second-order valence-electron chi connectivity index (χ2n) is 7.65. The number of benzene rings is 2. The molecule has 158 valence electrons. The number of para-hydroxylation sites is 1. The molecule has 0 saturated heterocycles. The summed E-state index contributed by atoms with van der Waals surface area (Å²) in [5.74, 6) is 0.603. The van der Waals surface area contributed by atoms with Crippen molar-refractivity contribution in [3.63, 3.8) is 0 Å². The largest absolute Gasteiger partial charge is 0.496 e. The number of rotatable bonds is 8. The van der Waals surface area contributed by atoms with Gasteiger partial charge < -0.3 is 14.5 Å². The van der Waals surface area contributed by atoms with E-state index in [0.29, 0.717) is 13.0 Å². The van der Waals surface area contributed by atoms with Crippen LogP contribution in [-0.2, 0) is 11.2 Å². The molecule has 0 aliphatic heterocycles. The van der Waals surface area contributed by atoms with E-state index in [4.69, 9.17) is 4.74 Å². The zero-order valence-electron chi connectivity index (χ0n) is 17.9. The third-order valence-electron chi connectivity index (χ3n) is 5.60. The Morgan fingerprint density at radius 1 is 1.06 bits per heavy atom. The summed E-state index contributed by atoms with van der Waals surface area (Å²) in [6, 6.07) is 22.1. The van der Waals surface area contributed by atoms with Crippen LogP contribution in [0, 0.1) is 6.92 Å². The highest BCUT2D eigenvalue weighted by atomic mass is 16.5. The van der Waals surface area contributed by atoms with Gasteiger partial charge >= 0.3 is 0 Å². The second-order valence-corrected chi connectivity index (χ2v) is 7.65. The highest BCUT2D eigenvalue weighted by Crippen LogP contribution is 2.35. The van der Waals surface area contributed by atoms with Crippen LogP contribution in [0.25, 0.3) is 5.65 Å². The first-order chi connectivity index (χ1) is 15.2. The first-order valence-electron chi connectivity index (χ1n) is 10.5. The molecule has 0 bridgehead atoms. The van der Waals surface area contributed by atoms with E-state index >= 15 is 0 Å². The van der Waals surface area contributed by atoms with E-state index in [1.54, 1.807) is 7.11 Å². The van der Waals surface area contributed by atoms with Gasteiger partial charge in [-0.15, -0.1) is 0 Å². The summed E-state index contributed by atoms with van der Waals surface area (Å²) in [5.41, 5.74) is 5.16. The molecule has 5 heteroatoms. The molecule has 4 aromatic rings. The summed E-state index contributed by atoms with van der Waals surface area (Å²) in [4.78, 5) is 17.6. The van der Waals surface area contributed by atoms with Crippen molar-refractivity contribution < 1.29 is 9.53 Å². The molecule has 2 aromatic carbocycles. The summed E-state index contributed by atoms with van der Waals surface area (Å²) in [5, 5.41) is 3.08. The van der Waals surface area contributed by atoms with Gasteiger partial charge in [0.1, 0.15) is 11.4 Å². The molecule has 4 rings (SSSR count). The quantitative estimate of drug-likeness (QED) is 0.462. The summed E-state index contributed by atoms with van der Waals surface area (Å²) in [6.07, 6.45) is 4.99. The van der Waals surface area contributed by atoms with Crippen LogP contribution in [0.15, 0.2) is 79.1 Å². The monoisotopic (exact) mass is 413 g/mol. The van der Waals surface area contributed by atoms with Crippen molar-refractivity contribution in [3.8, 4) is 5.75 Å². The smallest absolute Gasteiger partial charge is 0.221 e. The molecule has 0 aliphatic carbocycles. The third-order valence-corrected chi connectivity index (χ3v) is 5.60. The molecule has 2 aromatic heterocycles. The number of hydrogen-bond acceptors (Lipinski definition) is 3. The number of hydrogen-bond donors (Lipinski definition) is 1. The van der Waals surface area contributed by atoms with Crippen LogP contribution in [0.4, 0.5) is 0 Å². The zero-order valence-corrected chi connectivity index (χ0v) is 17.9. The number of carbonyl (C=O) groups is 1. The van der Waals surface area contributed by atoms with E-state index in [1.807, 2.05) is 73.9 Å². The summed E-state index contributed by atoms with van der Waals surface area (Å²) < 4.78 is 7.69. The maximum Gasteiger partial charge on any atom is 0.221 e. The number of methoxy groups -OCH3 is 1. The van der Waals surface area contributed by atoms with E-state index in [-0.39, 0.29) is 11.8 Å². The lowest BCUT2D eigenvalue weighted by Gasteiger charge is -2.20. The van der Waals surface area contributed by atoms with Gasteiger partial charge in [-0.3, -0.25) is 4.79 Å². The molecule has 1 N–H and O–H groups in total. The Kier molecular flexibility index (Phi) is 6.32. The number of aryl methyl sites for hydroxylation is 1. The molecule has 0 fully saturated rings. The number of amides is 1. The van der Waals surface area contributed by atoms with Gasteiger partial charge in [-0.25, -0.2) is 4.98 Å². The van der Waals surface area contributed by atoms with Crippen LogP contribution < -0.4 is 10.1 Å². The fourth-order valence-corrected chi connectivity index (χ4v) is 4.00. The SMILES string of the molecule is COc1ccccc1C(CC(=O)NCCc1ccccc1)c1cnc2c(C)cccn12. The summed E-state index contributed by atoms with van der Waals surface area (Å²) >= 11 is 0.